The zero-order chi connectivity index (χ0) is 15.0. The number of benzene rings is 1. The molecule has 0 bridgehead atoms. The summed E-state index contributed by atoms with van der Waals surface area (Å²) >= 11 is 7.23. The van der Waals surface area contributed by atoms with Crippen molar-refractivity contribution < 1.29 is 17.9 Å². The van der Waals surface area contributed by atoms with Gasteiger partial charge in [-0.05, 0) is 30.0 Å². The van der Waals surface area contributed by atoms with E-state index < -0.39 is 9.84 Å². The minimum Gasteiger partial charge on any atom is -0.490 e. The van der Waals surface area contributed by atoms with E-state index in [4.69, 9.17) is 9.47 Å². The quantitative estimate of drug-likeness (QED) is 0.662. The molecule has 1 saturated heterocycles. The highest BCUT2D eigenvalue weighted by Gasteiger charge is 2.34. The van der Waals surface area contributed by atoms with Crippen LogP contribution in [-0.4, -0.2) is 33.1 Å². The highest BCUT2D eigenvalue weighted by Crippen LogP contribution is 2.44. The molecule has 0 amide bonds. The molecule has 1 aromatic carbocycles. The fourth-order valence-electron chi connectivity index (χ4n) is 2.72. The summed E-state index contributed by atoms with van der Waals surface area (Å²) in [7, 11) is -2.89. The van der Waals surface area contributed by atoms with Gasteiger partial charge in [0.25, 0.3) is 0 Å². The lowest BCUT2D eigenvalue weighted by molar-refractivity contribution is 0.297. The molecule has 7 heteroatoms. The van der Waals surface area contributed by atoms with Crippen LogP contribution in [0.25, 0.3) is 0 Å². The third-order valence-electron chi connectivity index (χ3n) is 3.85. The van der Waals surface area contributed by atoms with Crippen LogP contribution in [0.2, 0.25) is 0 Å². The number of hydrogen-bond acceptors (Lipinski definition) is 4. The minimum atomic E-state index is -2.89. The van der Waals surface area contributed by atoms with Crippen LogP contribution in [0.3, 0.4) is 0 Å². The zero-order valence-electron chi connectivity index (χ0n) is 11.3. The first kappa shape index (κ1) is 15.6. The fraction of sp³-hybridized carbons (Fsp3) is 0.571. The van der Waals surface area contributed by atoms with Crippen molar-refractivity contribution in [2.45, 2.75) is 17.7 Å². The van der Waals surface area contributed by atoms with Crippen molar-refractivity contribution in [3.8, 4) is 11.5 Å². The normalized spacial score (nSPS) is 25.3. The summed E-state index contributed by atoms with van der Waals surface area (Å²) in [5.74, 6) is 2.08. The van der Waals surface area contributed by atoms with Crippen LogP contribution in [0.4, 0.5) is 0 Å². The van der Waals surface area contributed by atoms with Gasteiger partial charge in [0.1, 0.15) is 0 Å². The van der Waals surface area contributed by atoms with Gasteiger partial charge < -0.3 is 9.47 Å². The van der Waals surface area contributed by atoms with Gasteiger partial charge in [0.2, 0.25) is 0 Å². The first-order valence-electron chi connectivity index (χ1n) is 6.90. The van der Waals surface area contributed by atoms with Crippen molar-refractivity contribution >= 4 is 41.7 Å². The van der Waals surface area contributed by atoms with Crippen molar-refractivity contribution in [1.29, 1.82) is 0 Å². The average Bonchev–Trinajstić information content (AvgIpc) is 2.66. The Morgan fingerprint density at radius 1 is 1.19 bits per heavy atom. The van der Waals surface area contributed by atoms with Crippen molar-refractivity contribution in [2.75, 3.05) is 24.7 Å². The maximum Gasteiger partial charge on any atom is 0.162 e. The summed E-state index contributed by atoms with van der Waals surface area (Å²) in [6.45, 7) is 1.29. The molecule has 1 aromatic rings. The Bertz CT molecular complexity index is 645. The summed E-state index contributed by atoms with van der Waals surface area (Å²) in [5, 5.41) is 0. The molecule has 2 unspecified atom stereocenters. The third kappa shape index (κ3) is 3.40. The minimum absolute atomic E-state index is 0.0127. The molecule has 116 valence electrons. The molecule has 21 heavy (non-hydrogen) atoms. The molecule has 0 N–H and O–H groups in total. The van der Waals surface area contributed by atoms with Crippen LogP contribution >= 0.6 is 31.9 Å². The third-order valence-corrected chi connectivity index (χ3v) is 7.57. The van der Waals surface area contributed by atoms with Crippen LogP contribution in [0.15, 0.2) is 16.6 Å². The van der Waals surface area contributed by atoms with Crippen LogP contribution in [0, 0.1) is 5.92 Å². The molecule has 2 aliphatic rings. The standard InChI is InChI=1S/C14H16Br2O4S/c15-11-7-13-12(19-3-1-4-20-13)6-10(11)14(16)9-2-5-21(17,18)8-9/h6-7,9,14H,1-5,8H2. The molecular weight excluding hydrogens is 424 g/mol. The SMILES string of the molecule is O=S1(=O)CCC(C(Br)c2cc3c(cc2Br)OCCCO3)C1. The van der Waals surface area contributed by atoms with E-state index in [1.807, 2.05) is 12.1 Å². The number of fused-ring (bicyclic) bond motifs is 1. The number of hydrogen-bond donors (Lipinski definition) is 0. The van der Waals surface area contributed by atoms with Gasteiger partial charge in [-0.1, -0.05) is 31.9 Å². The van der Waals surface area contributed by atoms with Gasteiger partial charge in [0.15, 0.2) is 21.3 Å². The number of sulfone groups is 1. The first-order chi connectivity index (χ1) is 9.96. The summed E-state index contributed by atoms with van der Waals surface area (Å²) in [5.41, 5.74) is 1.02. The monoisotopic (exact) mass is 438 g/mol. The molecule has 4 nitrogen and oxygen atoms in total. The maximum absolute atomic E-state index is 11.7. The average molecular weight is 440 g/mol. The molecule has 2 atom stereocenters. The molecule has 0 spiro atoms. The van der Waals surface area contributed by atoms with E-state index in [1.54, 1.807) is 0 Å². The second-order valence-corrected chi connectivity index (χ2v) is 9.51. The molecule has 0 aromatic heterocycles. The van der Waals surface area contributed by atoms with Gasteiger partial charge in [-0.3, -0.25) is 0 Å². The number of halogens is 2. The van der Waals surface area contributed by atoms with E-state index in [-0.39, 0.29) is 22.3 Å². The Morgan fingerprint density at radius 3 is 2.48 bits per heavy atom. The van der Waals surface area contributed by atoms with Gasteiger partial charge in [0.05, 0.1) is 24.7 Å². The Morgan fingerprint density at radius 2 is 1.86 bits per heavy atom. The Kier molecular flexibility index (Phi) is 4.52. The van der Waals surface area contributed by atoms with Crippen molar-refractivity contribution in [3.05, 3.63) is 22.2 Å². The second kappa shape index (κ2) is 6.08. The summed E-state index contributed by atoms with van der Waals surface area (Å²) in [4.78, 5) is -0.0127. The predicted octanol–water partition coefficient (Wildman–Crippen LogP) is 3.48. The van der Waals surface area contributed by atoms with E-state index in [9.17, 15) is 8.42 Å². The number of rotatable bonds is 2. The Labute approximate surface area is 141 Å². The lowest BCUT2D eigenvalue weighted by Crippen LogP contribution is -2.11. The van der Waals surface area contributed by atoms with Gasteiger partial charge in [-0.25, -0.2) is 8.42 Å². The highest BCUT2D eigenvalue weighted by molar-refractivity contribution is 9.11. The molecule has 0 radical (unpaired) electrons. The summed E-state index contributed by atoms with van der Waals surface area (Å²) in [6, 6.07) is 3.86. The van der Waals surface area contributed by atoms with Gasteiger partial charge >= 0.3 is 0 Å². The van der Waals surface area contributed by atoms with Gasteiger partial charge in [-0.2, -0.15) is 0 Å². The smallest absolute Gasteiger partial charge is 0.162 e. The van der Waals surface area contributed by atoms with Crippen molar-refractivity contribution in [3.63, 3.8) is 0 Å². The fourth-order valence-corrected chi connectivity index (χ4v) is 6.51. The van der Waals surface area contributed by atoms with Crippen LogP contribution in [-0.2, 0) is 9.84 Å². The number of ether oxygens (including phenoxy) is 2. The van der Waals surface area contributed by atoms with Crippen LogP contribution in [0.1, 0.15) is 23.2 Å². The molecular formula is C14H16Br2O4S. The van der Waals surface area contributed by atoms with E-state index >= 15 is 0 Å². The number of alkyl halides is 1. The van der Waals surface area contributed by atoms with Crippen molar-refractivity contribution in [1.82, 2.24) is 0 Å². The first-order valence-corrected chi connectivity index (χ1v) is 10.4. The second-order valence-electron chi connectivity index (χ2n) is 5.44. The van der Waals surface area contributed by atoms with E-state index in [0.29, 0.717) is 19.6 Å². The Balaban J connectivity index is 1.90. The molecule has 1 fully saturated rings. The van der Waals surface area contributed by atoms with E-state index in [1.165, 1.54) is 0 Å². The molecule has 0 saturated carbocycles. The maximum atomic E-state index is 11.7. The van der Waals surface area contributed by atoms with E-state index in [2.05, 4.69) is 31.9 Å². The topological polar surface area (TPSA) is 52.6 Å². The highest BCUT2D eigenvalue weighted by atomic mass is 79.9. The predicted molar refractivity (Wildman–Crippen MR) is 88.2 cm³/mol. The lowest BCUT2D eigenvalue weighted by atomic mass is 9.98. The summed E-state index contributed by atoms with van der Waals surface area (Å²) in [6.07, 6.45) is 1.55. The lowest BCUT2D eigenvalue weighted by Gasteiger charge is -2.20. The van der Waals surface area contributed by atoms with E-state index in [0.717, 1.165) is 28.0 Å². The van der Waals surface area contributed by atoms with Gasteiger partial charge in [0, 0.05) is 15.7 Å². The molecule has 3 rings (SSSR count). The zero-order valence-corrected chi connectivity index (χ0v) is 15.3. The van der Waals surface area contributed by atoms with Crippen LogP contribution in [0.5, 0.6) is 11.5 Å². The molecule has 0 aliphatic carbocycles. The molecule has 2 heterocycles. The summed E-state index contributed by atoms with van der Waals surface area (Å²) < 4.78 is 35.6. The largest absolute Gasteiger partial charge is 0.490 e. The van der Waals surface area contributed by atoms with Gasteiger partial charge in [-0.15, -0.1) is 0 Å². The molecule has 2 aliphatic heterocycles. The Hall–Kier alpha value is -0.270. The van der Waals surface area contributed by atoms with Crippen LogP contribution < -0.4 is 9.47 Å². The van der Waals surface area contributed by atoms with Crippen molar-refractivity contribution in [2.24, 2.45) is 5.92 Å².